The Morgan fingerprint density at radius 2 is 1.81 bits per heavy atom. The minimum absolute atomic E-state index is 0.194. The van der Waals surface area contributed by atoms with Gasteiger partial charge >= 0.3 is 0 Å². The van der Waals surface area contributed by atoms with Crippen molar-refractivity contribution in [1.29, 1.82) is 0 Å². The van der Waals surface area contributed by atoms with E-state index in [9.17, 15) is 0 Å². The van der Waals surface area contributed by atoms with Crippen molar-refractivity contribution in [2.75, 3.05) is 0 Å². The van der Waals surface area contributed by atoms with Crippen molar-refractivity contribution in [3.63, 3.8) is 0 Å². The Bertz CT molecular complexity index is 1180. The summed E-state index contributed by atoms with van der Waals surface area (Å²) in [5.74, 6) is 2.41. The lowest BCUT2D eigenvalue weighted by molar-refractivity contribution is 0.211. The van der Waals surface area contributed by atoms with Gasteiger partial charge in [-0.1, -0.05) is 42.1 Å². The molecule has 5 nitrogen and oxygen atoms in total. The standard InChI is InChI=1S/C24H26N4OS2/c1-15-10-16(2)12-20(11-15)29-18(4)22-26-27-24(28(22)5)31-14-19-13-30-23(25-19)21-9-7-6-8-17(21)3/h6-13,18H,14H2,1-5H3. The highest BCUT2D eigenvalue weighted by Crippen LogP contribution is 2.30. The van der Waals surface area contributed by atoms with Crippen LogP contribution in [0.3, 0.4) is 0 Å². The third kappa shape index (κ3) is 4.99. The lowest BCUT2D eigenvalue weighted by Gasteiger charge is -2.15. The van der Waals surface area contributed by atoms with Gasteiger partial charge in [0.2, 0.25) is 0 Å². The smallest absolute Gasteiger partial charge is 0.191 e. The fraction of sp³-hybridized carbons (Fsp3) is 0.292. The molecule has 0 bridgehead atoms. The van der Waals surface area contributed by atoms with E-state index in [0.717, 1.165) is 33.2 Å². The van der Waals surface area contributed by atoms with E-state index < -0.39 is 0 Å². The second kappa shape index (κ2) is 9.24. The Hall–Kier alpha value is -2.64. The number of aryl methyl sites for hydroxylation is 3. The molecule has 2 heterocycles. The third-order valence-electron chi connectivity index (χ3n) is 5.02. The van der Waals surface area contributed by atoms with Gasteiger partial charge in [0, 0.05) is 23.7 Å². The minimum Gasteiger partial charge on any atom is -0.483 e. The average molecular weight is 451 g/mol. The first-order valence-corrected chi connectivity index (χ1v) is 12.0. The van der Waals surface area contributed by atoms with E-state index in [1.54, 1.807) is 23.1 Å². The molecule has 2 aromatic carbocycles. The molecule has 0 spiro atoms. The van der Waals surface area contributed by atoms with Gasteiger partial charge in [0.15, 0.2) is 17.1 Å². The zero-order valence-electron chi connectivity index (χ0n) is 18.4. The van der Waals surface area contributed by atoms with Crippen LogP contribution in [0.1, 0.15) is 41.2 Å². The van der Waals surface area contributed by atoms with E-state index in [1.807, 2.05) is 30.7 Å². The van der Waals surface area contributed by atoms with Crippen molar-refractivity contribution in [2.24, 2.45) is 7.05 Å². The minimum atomic E-state index is -0.194. The molecule has 31 heavy (non-hydrogen) atoms. The molecule has 0 aliphatic carbocycles. The summed E-state index contributed by atoms with van der Waals surface area (Å²) in [4.78, 5) is 4.82. The van der Waals surface area contributed by atoms with Gasteiger partial charge in [-0.25, -0.2) is 4.98 Å². The molecule has 2 aromatic heterocycles. The summed E-state index contributed by atoms with van der Waals surface area (Å²) in [6.45, 7) is 8.27. The van der Waals surface area contributed by atoms with Crippen LogP contribution >= 0.6 is 23.1 Å². The Morgan fingerprint density at radius 3 is 2.55 bits per heavy atom. The molecule has 4 rings (SSSR count). The summed E-state index contributed by atoms with van der Waals surface area (Å²) in [6, 6.07) is 14.6. The topological polar surface area (TPSA) is 52.8 Å². The molecule has 0 aliphatic rings. The van der Waals surface area contributed by atoms with Gasteiger partial charge < -0.3 is 9.30 Å². The summed E-state index contributed by atoms with van der Waals surface area (Å²) < 4.78 is 8.15. The van der Waals surface area contributed by atoms with Crippen LogP contribution in [-0.4, -0.2) is 19.7 Å². The van der Waals surface area contributed by atoms with E-state index in [2.05, 4.69) is 66.7 Å². The SMILES string of the molecule is Cc1cc(C)cc(OC(C)c2nnc(SCc3csc(-c4ccccc4C)n3)n2C)c1. The van der Waals surface area contributed by atoms with Crippen LogP contribution in [0.4, 0.5) is 0 Å². The highest BCUT2D eigenvalue weighted by Gasteiger charge is 2.18. The molecule has 0 saturated heterocycles. The van der Waals surface area contributed by atoms with Crippen LogP contribution in [0.2, 0.25) is 0 Å². The second-order valence-electron chi connectivity index (χ2n) is 7.73. The number of thioether (sulfide) groups is 1. The van der Waals surface area contributed by atoms with E-state index in [4.69, 9.17) is 9.72 Å². The lowest BCUT2D eigenvalue weighted by atomic mass is 10.1. The van der Waals surface area contributed by atoms with Gasteiger partial charge in [-0.15, -0.1) is 21.5 Å². The summed E-state index contributed by atoms with van der Waals surface area (Å²) in [5.41, 5.74) is 5.86. The molecule has 0 saturated carbocycles. The predicted molar refractivity (Wildman–Crippen MR) is 128 cm³/mol. The van der Waals surface area contributed by atoms with Gasteiger partial charge in [-0.05, 0) is 56.5 Å². The maximum Gasteiger partial charge on any atom is 0.191 e. The molecule has 0 N–H and O–H groups in total. The van der Waals surface area contributed by atoms with Crippen LogP contribution in [0.5, 0.6) is 5.75 Å². The maximum atomic E-state index is 6.14. The molecule has 160 valence electrons. The molecule has 4 aromatic rings. The summed E-state index contributed by atoms with van der Waals surface area (Å²) in [7, 11) is 1.98. The van der Waals surface area contributed by atoms with Crippen molar-refractivity contribution < 1.29 is 4.74 Å². The summed E-state index contributed by atoms with van der Waals surface area (Å²) >= 11 is 3.32. The number of benzene rings is 2. The molecule has 0 radical (unpaired) electrons. The van der Waals surface area contributed by atoms with E-state index in [0.29, 0.717) is 0 Å². The molecule has 7 heteroatoms. The molecular formula is C24H26N4OS2. The molecule has 0 fully saturated rings. The lowest BCUT2D eigenvalue weighted by Crippen LogP contribution is -2.10. The number of hydrogen-bond acceptors (Lipinski definition) is 6. The summed E-state index contributed by atoms with van der Waals surface area (Å²) in [5, 5.41) is 12.8. The molecule has 0 aliphatic heterocycles. The Balaban J connectivity index is 1.42. The van der Waals surface area contributed by atoms with E-state index >= 15 is 0 Å². The fourth-order valence-electron chi connectivity index (χ4n) is 3.51. The van der Waals surface area contributed by atoms with E-state index in [1.165, 1.54) is 22.3 Å². The molecular weight excluding hydrogens is 424 g/mol. The Labute approximate surface area is 191 Å². The van der Waals surface area contributed by atoms with Crippen LogP contribution in [-0.2, 0) is 12.8 Å². The third-order valence-corrected chi connectivity index (χ3v) is 6.99. The summed E-state index contributed by atoms with van der Waals surface area (Å²) in [6.07, 6.45) is -0.194. The molecule has 1 atom stereocenters. The monoisotopic (exact) mass is 450 g/mol. The van der Waals surface area contributed by atoms with Gasteiger partial charge in [-0.3, -0.25) is 0 Å². The Morgan fingerprint density at radius 1 is 1.06 bits per heavy atom. The maximum absolute atomic E-state index is 6.14. The Kier molecular flexibility index (Phi) is 6.43. The number of nitrogens with zero attached hydrogens (tertiary/aromatic N) is 4. The normalized spacial score (nSPS) is 12.2. The average Bonchev–Trinajstić information content (AvgIpc) is 3.32. The largest absolute Gasteiger partial charge is 0.483 e. The van der Waals surface area contributed by atoms with Crippen molar-refractivity contribution in [3.8, 4) is 16.3 Å². The quantitative estimate of drug-likeness (QED) is 0.309. The van der Waals surface area contributed by atoms with Gasteiger partial charge in [-0.2, -0.15) is 0 Å². The number of aromatic nitrogens is 4. The van der Waals surface area contributed by atoms with Gasteiger partial charge in [0.05, 0.1) is 5.69 Å². The highest BCUT2D eigenvalue weighted by atomic mass is 32.2. The molecule has 1 unspecified atom stereocenters. The number of rotatable bonds is 7. The van der Waals surface area contributed by atoms with Gasteiger partial charge in [0.25, 0.3) is 0 Å². The number of thiazole rings is 1. The van der Waals surface area contributed by atoms with Crippen LogP contribution in [0.25, 0.3) is 10.6 Å². The van der Waals surface area contributed by atoms with Crippen LogP contribution in [0.15, 0.2) is 53.0 Å². The fourth-order valence-corrected chi connectivity index (χ4v) is 5.34. The van der Waals surface area contributed by atoms with E-state index in [-0.39, 0.29) is 6.10 Å². The first-order valence-electron chi connectivity index (χ1n) is 10.2. The number of hydrogen-bond donors (Lipinski definition) is 0. The van der Waals surface area contributed by atoms with Crippen LogP contribution in [0, 0.1) is 20.8 Å². The number of ether oxygens (including phenoxy) is 1. The van der Waals surface area contributed by atoms with Crippen LogP contribution < -0.4 is 4.74 Å². The zero-order valence-corrected chi connectivity index (χ0v) is 20.0. The first-order chi connectivity index (χ1) is 14.9. The van der Waals surface area contributed by atoms with Crippen molar-refractivity contribution in [3.05, 3.63) is 76.1 Å². The highest BCUT2D eigenvalue weighted by molar-refractivity contribution is 7.98. The first kappa shape index (κ1) is 21.6. The second-order valence-corrected chi connectivity index (χ2v) is 9.53. The van der Waals surface area contributed by atoms with Crippen molar-refractivity contribution >= 4 is 23.1 Å². The van der Waals surface area contributed by atoms with Crippen molar-refractivity contribution in [2.45, 2.75) is 44.7 Å². The molecule has 0 amide bonds. The van der Waals surface area contributed by atoms with Gasteiger partial charge in [0.1, 0.15) is 10.8 Å². The predicted octanol–water partition coefficient (Wildman–Crippen LogP) is 6.30. The zero-order chi connectivity index (χ0) is 22.0. The van der Waals surface area contributed by atoms with Crippen molar-refractivity contribution in [1.82, 2.24) is 19.7 Å².